The van der Waals surface area contributed by atoms with Crippen molar-refractivity contribution in [1.82, 2.24) is 4.57 Å². The lowest BCUT2D eigenvalue weighted by Gasteiger charge is -2.10. The summed E-state index contributed by atoms with van der Waals surface area (Å²) in [5, 5.41) is 19.0. The van der Waals surface area contributed by atoms with E-state index in [-0.39, 0.29) is 10.9 Å². The van der Waals surface area contributed by atoms with E-state index in [0.717, 1.165) is 6.07 Å². The van der Waals surface area contributed by atoms with Crippen LogP contribution in [0.1, 0.15) is 6.92 Å². The summed E-state index contributed by atoms with van der Waals surface area (Å²) in [4.78, 5) is 11.5. The number of aromatic nitrogens is 1. The summed E-state index contributed by atoms with van der Waals surface area (Å²) in [5.41, 5.74) is -0.247. The molecule has 0 fully saturated rings. The fourth-order valence-electron chi connectivity index (χ4n) is 1.68. The van der Waals surface area contributed by atoms with Crippen molar-refractivity contribution in [3.8, 4) is 11.5 Å². The summed E-state index contributed by atoms with van der Waals surface area (Å²) in [6.45, 7) is 2.30. The summed E-state index contributed by atoms with van der Waals surface area (Å²) in [6, 6.07) is 2.22. The van der Waals surface area contributed by atoms with Gasteiger partial charge in [-0.05, 0) is 13.0 Å². The second-order valence-electron chi connectivity index (χ2n) is 3.42. The molecule has 5 heteroatoms. The second-order valence-corrected chi connectivity index (χ2v) is 3.42. The Balaban J connectivity index is 3.05. The average Bonchev–Trinajstić information content (AvgIpc) is 2.27. The van der Waals surface area contributed by atoms with E-state index in [1.807, 2.05) is 6.92 Å². The monoisotopic (exact) mass is 223 g/mol. The van der Waals surface area contributed by atoms with Crippen LogP contribution in [0.2, 0.25) is 0 Å². The van der Waals surface area contributed by atoms with Crippen molar-refractivity contribution in [3.05, 3.63) is 34.4 Å². The maximum atomic E-state index is 13.2. The zero-order valence-corrected chi connectivity index (χ0v) is 8.57. The molecule has 0 radical (unpaired) electrons. The number of hydrogen-bond acceptors (Lipinski definition) is 3. The fourth-order valence-corrected chi connectivity index (χ4v) is 1.68. The van der Waals surface area contributed by atoms with E-state index in [4.69, 9.17) is 0 Å². The lowest BCUT2D eigenvalue weighted by Crippen LogP contribution is -2.07. The number of rotatable bonds is 1. The Morgan fingerprint density at radius 2 is 2.06 bits per heavy atom. The molecular weight excluding hydrogens is 213 g/mol. The largest absolute Gasteiger partial charge is 0.503 e. The molecule has 2 aromatic rings. The van der Waals surface area contributed by atoms with Crippen LogP contribution in [-0.4, -0.2) is 14.8 Å². The van der Waals surface area contributed by atoms with Gasteiger partial charge in [0.25, 0.3) is 0 Å². The van der Waals surface area contributed by atoms with Gasteiger partial charge in [-0.25, -0.2) is 4.39 Å². The predicted octanol–water partition coefficient (Wildman–Crippen LogP) is 1.57. The SMILES string of the molecule is CCn1ccc(=O)c2cc(F)c(O)c(O)c21. The van der Waals surface area contributed by atoms with E-state index < -0.39 is 22.7 Å². The summed E-state index contributed by atoms with van der Waals surface area (Å²) < 4.78 is 14.7. The standard InChI is InChI=1S/C11H10FNO3/c1-2-13-4-3-8(14)6-5-7(12)10(15)11(16)9(6)13/h3-5,15-16H,2H2,1H3. The topological polar surface area (TPSA) is 62.5 Å². The molecule has 0 spiro atoms. The van der Waals surface area contributed by atoms with E-state index in [1.165, 1.54) is 12.3 Å². The second kappa shape index (κ2) is 3.52. The van der Waals surface area contributed by atoms with Gasteiger partial charge in [-0.1, -0.05) is 0 Å². The van der Waals surface area contributed by atoms with Crippen molar-refractivity contribution >= 4 is 10.9 Å². The summed E-state index contributed by atoms with van der Waals surface area (Å²) >= 11 is 0. The van der Waals surface area contributed by atoms with Crippen LogP contribution in [0.25, 0.3) is 10.9 Å². The molecule has 0 aliphatic carbocycles. The molecular formula is C11H10FNO3. The van der Waals surface area contributed by atoms with Gasteiger partial charge in [0.2, 0.25) is 0 Å². The van der Waals surface area contributed by atoms with Crippen LogP contribution < -0.4 is 5.43 Å². The average molecular weight is 223 g/mol. The van der Waals surface area contributed by atoms with Crippen molar-refractivity contribution in [1.29, 1.82) is 0 Å². The summed E-state index contributed by atoms with van der Waals surface area (Å²) in [6.07, 6.45) is 1.49. The maximum absolute atomic E-state index is 13.2. The van der Waals surface area contributed by atoms with Crippen LogP contribution in [0, 0.1) is 5.82 Å². The van der Waals surface area contributed by atoms with Gasteiger partial charge >= 0.3 is 0 Å². The minimum Gasteiger partial charge on any atom is -0.503 e. The number of phenols is 2. The van der Waals surface area contributed by atoms with Crippen LogP contribution in [0.15, 0.2) is 23.1 Å². The molecule has 84 valence electrons. The summed E-state index contributed by atoms with van der Waals surface area (Å²) in [5.74, 6) is -2.44. The third kappa shape index (κ3) is 1.32. The zero-order chi connectivity index (χ0) is 11.9. The molecule has 2 rings (SSSR count). The van der Waals surface area contributed by atoms with Crippen molar-refractivity contribution in [3.63, 3.8) is 0 Å². The number of benzene rings is 1. The maximum Gasteiger partial charge on any atom is 0.196 e. The molecule has 0 aliphatic rings. The Labute approximate surface area is 90.2 Å². The van der Waals surface area contributed by atoms with Crippen molar-refractivity contribution in [2.45, 2.75) is 13.5 Å². The quantitative estimate of drug-likeness (QED) is 0.721. The van der Waals surface area contributed by atoms with Crippen LogP contribution >= 0.6 is 0 Å². The van der Waals surface area contributed by atoms with Gasteiger partial charge in [0.05, 0.1) is 10.9 Å². The highest BCUT2D eigenvalue weighted by Gasteiger charge is 2.15. The van der Waals surface area contributed by atoms with E-state index in [9.17, 15) is 19.4 Å². The van der Waals surface area contributed by atoms with Gasteiger partial charge in [0.1, 0.15) is 0 Å². The fraction of sp³-hybridized carbons (Fsp3) is 0.182. The van der Waals surface area contributed by atoms with E-state index in [0.29, 0.717) is 6.54 Å². The molecule has 0 aliphatic heterocycles. The number of fused-ring (bicyclic) bond motifs is 1. The Bertz CT molecular complexity index is 619. The van der Waals surface area contributed by atoms with Crippen molar-refractivity contribution < 1.29 is 14.6 Å². The number of hydrogen-bond donors (Lipinski definition) is 2. The predicted molar refractivity (Wildman–Crippen MR) is 57.2 cm³/mol. The smallest absolute Gasteiger partial charge is 0.196 e. The Morgan fingerprint density at radius 3 is 2.69 bits per heavy atom. The molecule has 4 nitrogen and oxygen atoms in total. The minimum atomic E-state index is -1.00. The molecule has 1 heterocycles. The van der Waals surface area contributed by atoms with Crippen LogP contribution in [-0.2, 0) is 6.54 Å². The van der Waals surface area contributed by atoms with Gasteiger partial charge in [-0.15, -0.1) is 0 Å². The lowest BCUT2D eigenvalue weighted by atomic mass is 10.1. The first-order valence-electron chi connectivity index (χ1n) is 4.79. The molecule has 0 bridgehead atoms. The van der Waals surface area contributed by atoms with Gasteiger partial charge in [0.15, 0.2) is 22.7 Å². The number of aryl methyl sites for hydroxylation is 1. The molecule has 1 aromatic carbocycles. The normalized spacial score (nSPS) is 10.9. The summed E-state index contributed by atoms with van der Waals surface area (Å²) in [7, 11) is 0. The van der Waals surface area contributed by atoms with Gasteiger partial charge < -0.3 is 14.8 Å². The van der Waals surface area contributed by atoms with Crippen molar-refractivity contribution in [2.24, 2.45) is 0 Å². The highest BCUT2D eigenvalue weighted by Crippen LogP contribution is 2.34. The van der Waals surface area contributed by atoms with Crippen LogP contribution in [0.5, 0.6) is 11.5 Å². The van der Waals surface area contributed by atoms with E-state index >= 15 is 0 Å². The molecule has 0 atom stereocenters. The first-order chi connectivity index (χ1) is 7.56. The number of phenolic OH excluding ortho intramolecular Hbond substituents is 2. The first kappa shape index (κ1) is 10.5. The van der Waals surface area contributed by atoms with Gasteiger partial charge in [-0.2, -0.15) is 0 Å². The molecule has 0 unspecified atom stereocenters. The molecule has 16 heavy (non-hydrogen) atoms. The van der Waals surface area contributed by atoms with Gasteiger partial charge in [-0.3, -0.25) is 4.79 Å². The molecule has 0 amide bonds. The number of pyridine rings is 1. The third-order valence-electron chi connectivity index (χ3n) is 2.50. The molecule has 0 saturated heterocycles. The highest BCUT2D eigenvalue weighted by molar-refractivity contribution is 5.87. The lowest BCUT2D eigenvalue weighted by molar-refractivity contribution is 0.381. The van der Waals surface area contributed by atoms with E-state index in [1.54, 1.807) is 4.57 Å². The number of halogens is 1. The van der Waals surface area contributed by atoms with Crippen LogP contribution in [0.4, 0.5) is 4.39 Å². The van der Waals surface area contributed by atoms with Crippen LogP contribution in [0.3, 0.4) is 0 Å². The van der Waals surface area contributed by atoms with Crippen molar-refractivity contribution in [2.75, 3.05) is 0 Å². The molecule has 1 aromatic heterocycles. The minimum absolute atomic E-state index is 0.0529. The number of aromatic hydroxyl groups is 2. The first-order valence-corrected chi connectivity index (χ1v) is 4.79. The van der Waals surface area contributed by atoms with E-state index in [2.05, 4.69) is 0 Å². The highest BCUT2D eigenvalue weighted by atomic mass is 19.1. The Hall–Kier alpha value is -2.04. The number of nitrogens with zero attached hydrogens (tertiary/aromatic N) is 1. The third-order valence-corrected chi connectivity index (χ3v) is 2.50. The Kier molecular flexibility index (Phi) is 2.30. The molecule has 2 N–H and O–H groups in total. The van der Waals surface area contributed by atoms with Gasteiger partial charge in [0, 0.05) is 18.8 Å². The Morgan fingerprint density at radius 1 is 1.38 bits per heavy atom. The molecule has 0 saturated carbocycles. The zero-order valence-electron chi connectivity index (χ0n) is 8.57.